The first-order chi connectivity index (χ1) is 55.2. The van der Waals surface area contributed by atoms with Crippen molar-refractivity contribution in [1.29, 1.82) is 0 Å². The van der Waals surface area contributed by atoms with Gasteiger partial charge >= 0.3 is 0 Å². The van der Waals surface area contributed by atoms with Crippen molar-refractivity contribution >= 4 is 46.1 Å². The summed E-state index contributed by atoms with van der Waals surface area (Å²) in [6.45, 7) is 11.9. The lowest BCUT2D eigenvalue weighted by atomic mass is 9.93. The molecule has 0 atom stereocenters. The molecule has 0 saturated heterocycles. The van der Waals surface area contributed by atoms with Crippen LogP contribution < -0.4 is 0 Å². The quantitative estimate of drug-likeness (QED) is 0.0724. The molecule has 0 unspecified atom stereocenters. The summed E-state index contributed by atoms with van der Waals surface area (Å²) in [6.07, 6.45) is 20.4. The first-order valence-electron chi connectivity index (χ1n) is 39.5. The Bertz CT molecular complexity index is 5730. The Kier molecular flexibility index (Phi) is 20.1. The van der Waals surface area contributed by atoms with Gasteiger partial charge in [0, 0.05) is 46.8 Å². The van der Waals surface area contributed by atoms with Gasteiger partial charge in [-0.3, -0.25) is 49.0 Å². The van der Waals surface area contributed by atoms with Gasteiger partial charge in [0.2, 0.25) is 11.6 Å². The van der Waals surface area contributed by atoms with Crippen LogP contribution in [0.1, 0.15) is 145 Å². The van der Waals surface area contributed by atoms with Gasteiger partial charge in [0.1, 0.15) is 39.8 Å². The van der Waals surface area contributed by atoms with Crippen LogP contribution >= 0.6 is 0 Å². The summed E-state index contributed by atoms with van der Waals surface area (Å²) in [5.41, 5.74) is 20.5. The number of nitrogens with one attached hydrogen (secondary N) is 3. The van der Waals surface area contributed by atoms with Crippen LogP contribution in [-0.2, 0) is 34.0 Å². The molecule has 3 aliphatic carbocycles. The number of aromatic amines is 3. The zero-order chi connectivity index (χ0) is 77.2. The fourth-order valence-corrected chi connectivity index (χ4v) is 17.3. The van der Waals surface area contributed by atoms with Crippen molar-refractivity contribution in [3.63, 3.8) is 0 Å². The Labute approximate surface area is 656 Å². The number of aryl methyl sites for hydroxylation is 2. The first-order valence-corrected chi connectivity index (χ1v) is 39.5. The normalized spacial score (nSPS) is 16.5. The highest BCUT2D eigenvalue weighted by Crippen LogP contribution is 2.45. The third-order valence-electron chi connectivity index (χ3n) is 23.3. The van der Waals surface area contributed by atoms with Crippen LogP contribution in [-0.4, -0.2) is 133 Å². The standard InChI is InChI=1S/C34H35N7O.C29H27N5O.C28H27N7O/c1-3-4-7-31-35-34(17-5-6-18-34)33(42)41(31)22-24-9-12-25(13-10-24)29-21-27(14-15-28(29)32-36-38-39-37-32)40-19-16-26-11-8-23(2)20-30(26)40;1-20-31-29(15-5-6-16-29)28(35)34(20)19-21-9-11-23(12-10-21)26-17-24(22-7-3-2-4-8-22)13-14-25(26)27-18-30-33-32-27;1-18-11-14-29-25(15-18)22-9-10-23(26-31-33-34-32-26)24(16-22)21-7-5-20(6-8-21)17-35-19(2)30-28(27(35)36)12-3-4-13-28/h8-16,19-21H,3-7,17-18,22H2,1-2H3,(H,36,37,38,39);2-4,7-14,17-18H,5-6,15-16,19H2,1H3,(H,30,32,33);5-11,14-16H,3-4,12-13,17H2,1-2H3,(H,31,32,33,34). The summed E-state index contributed by atoms with van der Waals surface area (Å²) in [5.74, 6) is 4.23. The number of hydrogen-bond acceptors (Lipinski definition) is 15. The average molecular weight is 1500 g/mol. The number of rotatable bonds is 18. The Morgan fingerprint density at radius 3 is 1.45 bits per heavy atom. The lowest BCUT2D eigenvalue weighted by molar-refractivity contribution is -0.132. The van der Waals surface area contributed by atoms with Gasteiger partial charge in [-0.1, -0.05) is 185 Å². The number of pyridine rings is 1. The van der Waals surface area contributed by atoms with Gasteiger partial charge in [-0.15, -0.1) is 20.4 Å². The third kappa shape index (κ3) is 14.6. The SMILES string of the molecule is CC1=NC2(CCCC2)C(=O)N1Cc1ccc(-c2cc(-c3cc(C)ccn3)ccc2-c2nn[nH]n2)cc1.CC1=NC2(CCCC2)C(=O)N1Cc1ccc(-c2cc(-c3ccccc3)ccc2-c2cn[nH]n2)cc1.CCCCC1=NC2(CCCC2)C(=O)N1Cc1ccc(-c2cc(-n3ccc4ccc(C)cc43)ccc2-c2nn[nH]n2)cc1. The van der Waals surface area contributed by atoms with E-state index in [1.54, 1.807) is 6.20 Å². The summed E-state index contributed by atoms with van der Waals surface area (Å²) in [6, 6.07) is 67.3. The second-order valence-electron chi connectivity index (χ2n) is 30.8. The minimum Gasteiger partial charge on any atom is -0.317 e. The van der Waals surface area contributed by atoms with Crippen molar-refractivity contribution in [2.45, 2.75) is 167 Å². The van der Waals surface area contributed by atoms with Crippen molar-refractivity contribution < 1.29 is 14.4 Å². The molecular weight excluding hydrogens is 1410 g/mol. The van der Waals surface area contributed by atoms with Crippen LogP contribution in [0.25, 0.3) is 106 Å². The van der Waals surface area contributed by atoms with E-state index in [2.05, 4.69) is 263 Å². The molecule has 22 nitrogen and oxygen atoms in total. The number of H-pyrrole nitrogens is 3. The van der Waals surface area contributed by atoms with E-state index in [0.717, 1.165) is 214 Å². The lowest BCUT2D eigenvalue weighted by Crippen LogP contribution is -2.40. The smallest absolute Gasteiger partial charge is 0.256 e. The number of aromatic nitrogens is 13. The number of nitrogens with zero attached hydrogens (tertiary/aromatic N) is 16. The van der Waals surface area contributed by atoms with E-state index in [1.165, 1.54) is 22.0 Å². The van der Waals surface area contributed by atoms with Crippen LogP contribution in [0, 0.1) is 13.8 Å². The van der Waals surface area contributed by atoms with Gasteiger partial charge in [0.15, 0.2) is 0 Å². The number of amidine groups is 3. The first kappa shape index (κ1) is 73.0. The number of benzene rings is 8. The molecule has 0 radical (unpaired) electrons. The Morgan fingerprint density at radius 2 is 0.912 bits per heavy atom. The molecule has 3 aliphatic heterocycles. The molecule has 3 spiro atoms. The van der Waals surface area contributed by atoms with E-state index >= 15 is 0 Å². The summed E-state index contributed by atoms with van der Waals surface area (Å²) < 4.78 is 2.22. The zero-order valence-corrected chi connectivity index (χ0v) is 64.3. The number of fused-ring (bicyclic) bond motifs is 1. The van der Waals surface area contributed by atoms with Gasteiger partial charge < -0.3 is 4.57 Å². The number of carbonyl (C=O) groups is 3. The fourth-order valence-electron chi connectivity index (χ4n) is 17.3. The second kappa shape index (κ2) is 31.1. The van der Waals surface area contributed by atoms with Crippen molar-refractivity contribution in [1.82, 2.24) is 80.9 Å². The third-order valence-corrected chi connectivity index (χ3v) is 23.3. The number of amides is 3. The Balaban J connectivity index is 0.000000123. The maximum absolute atomic E-state index is 13.6. The van der Waals surface area contributed by atoms with E-state index in [1.807, 2.05) is 59.0 Å². The molecule has 3 N–H and O–H groups in total. The average Bonchev–Trinajstić information content (AvgIpc) is 1.48. The number of aliphatic imine (C=N–C) groups is 3. The highest BCUT2D eigenvalue weighted by molar-refractivity contribution is 6.09. The van der Waals surface area contributed by atoms with E-state index in [-0.39, 0.29) is 17.7 Å². The molecule has 13 aromatic rings. The zero-order valence-electron chi connectivity index (χ0n) is 64.3. The van der Waals surface area contributed by atoms with E-state index in [0.29, 0.717) is 31.3 Å². The summed E-state index contributed by atoms with van der Waals surface area (Å²) in [4.78, 5) is 64.8. The predicted molar refractivity (Wildman–Crippen MR) is 441 cm³/mol. The van der Waals surface area contributed by atoms with Crippen LogP contribution in [0.2, 0.25) is 0 Å². The van der Waals surface area contributed by atoms with Gasteiger partial charge in [0.25, 0.3) is 17.7 Å². The van der Waals surface area contributed by atoms with Gasteiger partial charge in [-0.2, -0.15) is 25.8 Å². The van der Waals surface area contributed by atoms with Crippen LogP contribution in [0.3, 0.4) is 0 Å². The molecule has 8 aromatic carbocycles. The number of unbranched alkanes of at least 4 members (excludes halogenated alkanes) is 1. The van der Waals surface area contributed by atoms with Crippen molar-refractivity contribution in [3.8, 4) is 95.5 Å². The molecular formula is C91H89N19O3. The topological polar surface area (TPSA) is 266 Å². The minimum absolute atomic E-state index is 0.152. The number of carbonyl (C=O) groups excluding carboxylic acids is 3. The maximum Gasteiger partial charge on any atom is 0.256 e. The van der Waals surface area contributed by atoms with Crippen LogP contribution in [0.5, 0.6) is 0 Å². The molecule has 8 heterocycles. The van der Waals surface area contributed by atoms with E-state index in [4.69, 9.17) is 15.0 Å². The minimum atomic E-state index is -0.510. The molecule has 566 valence electrons. The molecule has 22 heteroatoms. The van der Waals surface area contributed by atoms with Gasteiger partial charge in [-0.05, 0) is 221 Å². The highest BCUT2D eigenvalue weighted by Gasteiger charge is 2.51. The number of tetrazole rings is 2. The second-order valence-corrected chi connectivity index (χ2v) is 30.8. The monoisotopic (exact) mass is 1500 g/mol. The molecule has 113 heavy (non-hydrogen) atoms. The maximum atomic E-state index is 13.6. The Morgan fingerprint density at radius 1 is 0.416 bits per heavy atom. The van der Waals surface area contributed by atoms with Crippen molar-refractivity contribution in [2.24, 2.45) is 15.0 Å². The Hall–Kier alpha value is -12.9. The summed E-state index contributed by atoms with van der Waals surface area (Å²) in [5, 5.41) is 41.9. The predicted octanol–water partition coefficient (Wildman–Crippen LogP) is 17.9. The molecule has 0 bridgehead atoms. The van der Waals surface area contributed by atoms with Crippen LogP contribution in [0.4, 0.5) is 0 Å². The molecule has 3 saturated carbocycles. The molecule has 3 fully saturated rings. The largest absolute Gasteiger partial charge is 0.317 e. The molecule has 3 amide bonds. The lowest BCUT2D eigenvalue weighted by Gasteiger charge is -2.23. The molecule has 5 aromatic heterocycles. The van der Waals surface area contributed by atoms with Crippen molar-refractivity contribution in [3.05, 3.63) is 241 Å². The highest BCUT2D eigenvalue weighted by atomic mass is 16.2. The summed E-state index contributed by atoms with van der Waals surface area (Å²) >= 11 is 0. The van der Waals surface area contributed by atoms with Gasteiger partial charge in [-0.25, -0.2) is 0 Å². The van der Waals surface area contributed by atoms with E-state index < -0.39 is 16.6 Å². The summed E-state index contributed by atoms with van der Waals surface area (Å²) in [7, 11) is 0. The van der Waals surface area contributed by atoms with Gasteiger partial charge in [0.05, 0.1) is 37.0 Å². The van der Waals surface area contributed by atoms with Crippen molar-refractivity contribution in [2.75, 3.05) is 0 Å². The number of hydrogen-bond donors (Lipinski definition) is 3. The fraction of sp³-hybridized carbons (Fsp3) is 0.286. The molecule has 6 aliphatic rings. The molecule has 19 rings (SSSR count). The van der Waals surface area contributed by atoms with Crippen LogP contribution in [0.15, 0.2) is 228 Å². The van der Waals surface area contributed by atoms with E-state index in [9.17, 15) is 14.4 Å².